The van der Waals surface area contributed by atoms with Crippen LogP contribution in [0.2, 0.25) is 0 Å². The van der Waals surface area contributed by atoms with Crippen molar-refractivity contribution < 1.29 is 9.90 Å². The van der Waals surface area contributed by atoms with E-state index >= 15 is 0 Å². The number of carbonyl (C=O) groups is 1. The van der Waals surface area contributed by atoms with Crippen LogP contribution in [0.15, 0.2) is 42.5 Å². The summed E-state index contributed by atoms with van der Waals surface area (Å²) in [5.74, 6) is -0.896. The molecule has 0 aliphatic rings. The lowest BCUT2D eigenvalue weighted by Crippen LogP contribution is -2.20. The predicted octanol–water partition coefficient (Wildman–Crippen LogP) is 4.16. The molecule has 0 saturated heterocycles. The van der Waals surface area contributed by atoms with Gasteiger partial charge in [0.2, 0.25) is 0 Å². The van der Waals surface area contributed by atoms with Crippen molar-refractivity contribution in [2.75, 3.05) is 11.4 Å². The van der Waals surface area contributed by atoms with Crippen LogP contribution >= 0.6 is 0 Å². The number of benzene rings is 2. The standard InChI is InChI=1S/C17H19NO2/c1-4-18(15-8-6-5-7-13(15)3)16-11-12(2)9-10-14(16)17(19)20/h5-11H,4H2,1-3H3,(H,19,20). The fourth-order valence-corrected chi connectivity index (χ4v) is 2.38. The number of aryl methyl sites for hydroxylation is 2. The van der Waals surface area contributed by atoms with Gasteiger partial charge in [-0.15, -0.1) is 0 Å². The summed E-state index contributed by atoms with van der Waals surface area (Å²) in [6.45, 7) is 6.75. The third-order valence-electron chi connectivity index (χ3n) is 3.40. The molecule has 2 rings (SSSR count). The van der Waals surface area contributed by atoms with Crippen LogP contribution in [-0.4, -0.2) is 17.6 Å². The molecule has 3 nitrogen and oxygen atoms in total. The van der Waals surface area contributed by atoms with Gasteiger partial charge in [-0.2, -0.15) is 0 Å². The normalized spacial score (nSPS) is 10.3. The van der Waals surface area contributed by atoms with Crippen LogP contribution in [0.1, 0.15) is 28.4 Å². The van der Waals surface area contributed by atoms with Crippen molar-refractivity contribution in [1.29, 1.82) is 0 Å². The highest BCUT2D eigenvalue weighted by atomic mass is 16.4. The number of para-hydroxylation sites is 1. The third-order valence-corrected chi connectivity index (χ3v) is 3.40. The minimum absolute atomic E-state index is 0.334. The summed E-state index contributed by atoms with van der Waals surface area (Å²) in [4.78, 5) is 13.5. The SMILES string of the molecule is CCN(c1ccccc1C)c1cc(C)ccc1C(=O)O. The first-order valence-corrected chi connectivity index (χ1v) is 6.71. The molecule has 0 radical (unpaired) electrons. The highest BCUT2D eigenvalue weighted by molar-refractivity contribution is 5.96. The van der Waals surface area contributed by atoms with E-state index in [1.165, 1.54) is 0 Å². The van der Waals surface area contributed by atoms with Crippen molar-refractivity contribution in [3.8, 4) is 0 Å². The summed E-state index contributed by atoms with van der Waals surface area (Å²) in [6, 6.07) is 13.5. The van der Waals surface area contributed by atoms with Crippen LogP contribution in [0.4, 0.5) is 11.4 Å². The van der Waals surface area contributed by atoms with E-state index in [2.05, 4.69) is 0 Å². The van der Waals surface area contributed by atoms with Crippen LogP contribution < -0.4 is 4.90 Å². The van der Waals surface area contributed by atoms with E-state index in [1.54, 1.807) is 6.07 Å². The molecule has 0 unspecified atom stereocenters. The summed E-state index contributed by atoms with van der Waals surface area (Å²) < 4.78 is 0. The molecule has 20 heavy (non-hydrogen) atoms. The van der Waals surface area contributed by atoms with Gasteiger partial charge in [0.05, 0.1) is 11.3 Å². The van der Waals surface area contributed by atoms with Crippen molar-refractivity contribution in [2.45, 2.75) is 20.8 Å². The van der Waals surface area contributed by atoms with E-state index in [1.807, 2.05) is 62.1 Å². The minimum Gasteiger partial charge on any atom is -0.478 e. The van der Waals surface area contributed by atoms with Gasteiger partial charge in [-0.05, 0) is 50.1 Å². The molecule has 0 bridgehead atoms. The van der Waals surface area contributed by atoms with Gasteiger partial charge in [-0.25, -0.2) is 4.79 Å². The Morgan fingerprint density at radius 3 is 2.40 bits per heavy atom. The fourth-order valence-electron chi connectivity index (χ4n) is 2.38. The van der Waals surface area contributed by atoms with Gasteiger partial charge in [-0.3, -0.25) is 0 Å². The third kappa shape index (κ3) is 2.67. The summed E-state index contributed by atoms with van der Waals surface area (Å²) in [7, 11) is 0. The molecule has 0 atom stereocenters. The van der Waals surface area contributed by atoms with Crippen molar-refractivity contribution in [3.05, 3.63) is 59.2 Å². The number of hydrogen-bond donors (Lipinski definition) is 1. The summed E-state index contributed by atoms with van der Waals surface area (Å²) in [5.41, 5.74) is 4.31. The summed E-state index contributed by atoms with van der Waals surface area (Å²) in [6.07, 6.45) is 0. The lowest BCUT2D eigenvalue weighted by molar-refractivity contribution is 0.0697. The topological polar surface area (TPSA) is 40.5 Å². The number of carboxylic acids is 1. The molecule has 2 aromatic rings. The van der Waals surface area contributed by atoms with Crippen LogP contribution in [0.5, 0.6) is 0 Å². The largest absolute Gasteiger partial charge is 0.478 e. The molecule has 3 heteroatoms. The lowest BCUT2D eigenvalue weighted by Gasteiger charge is -2.27. The van der Waals surface area contributed by atoms with Gasteiger partial charge in [0, 0.05) is 12.2 Å². The monoisotopic (exact) mass is 269 g/mol. The van der Waals surface area contributed by atoms with Crippen LogP contribution in [0, 0.1) is 13.8 Å². The van der Waals surface area contributed by atoms with Gasteiger partial charge >= 0.3 is 5.97 Å². The Morgan fingerprint density at radius 2 is 1.80 bits per heavy atom. The zero-order valence-electron chi connectivity index (χ0n) is 12.1. The average molecular weight is 269 g/mol. The first-order valence-electron chi connectivity index (χ1n) is 6.71. The minimum atomic E-state index is -0.896. The molecule has 0 fully saturated rings. The first-order chi connectivity index (χ1) is 9.54. The van der Waals surface area contributed by atoms with E-state index in [-0.39, 0.29) is 0 Å². The zero-order chi connectivity index (χ0) is 14.7. The van der Waals surface area contributed by atoms with Crippen LogP contribution in [0.3, 0.4) is 0 Å². The Labute approximate surface area is 119 Å². The van der Waals surface area contributed by atoms with E-state index in [0.29, 0.717) is 12.1 Å². The van der Waals surface area contributed by atoms with Crippen molar-refractivity contribution in [1.82, 2.24) is 0 Å². The fraction of sp³-hybridized carbons (Fsp3) is 0.235. The Bertz CT molecular complexity index is 635. The van der Waals surface area contributed by atoms with E-state index in [0.717, 1.165) is 22.5 Å². The van der Waals surface area contributed by atoms with Gasteiger partial charge in [0.25, 0.3) is 0 Å². The number of anilines is 2. The maximum Gasteiger partial charge on any atom is 0.337 e. The molecule has 0 aromatic heterocycles. The van der Waals surface area contributed by atoms with Crippen molar-refractivity contribution in [3.63, 3.8) is 0 Å². The van der Waals surface area contributed by atoms with Gasteiger partial charge < -0.3 is 10.0 Å². The van der Waals surface area contributed by atoms with Crippen LogP contribution in [0.25, 0.3) is 0 Å². The summed E-state index contributed by atoms with van der Waals surface area (Å²) >= 11 is 0. The molecular formula is C17H19NO2. The Morgan fingerprint density at radius 1 is 1.10 bits per heavy atom. The number of carboxylic acid groups (broad SMARTS) is 1. The second-order valence-electron chi connectivity index (χ2n) is 4.86. The van der Waals surface area contributed by atoms with Gasteiger partial charge in [0.1, 0.15) is 0 Å². The molecule has 0 aliphatic carbocycles. The first kappa shape index (κ1) is 14.1. The van der Waals surface area contributed by atoms with E-state index < -0.39 is 5.97 Å². The highest BCUT2D eigenvalue weighted by Gasteiger charge is 2.17. The van der Waals surface area contributed by atoms with E-state index in [4.69, 9.17) is 0 Å². The highest BCUT2D eigenvalue weighted by Crippen LogP contribution is 2.31. The molecule has 0 amide bonds. The molecule has 0 aliphatic heterocycles. The maximum absolute atomic E-state index is 11.4. The average Bonchev–Trinajstić information content (AvgIpc) is 2.41. The second kappa shape index (κ2) is 5.78. The number of nitrogens with zero attached hydrogens (tertiary/aromatic N) is 1. The predicted molar refractivity (Wildman–Crippen MR) is 82.0 cm³/mol. The van der Waals surface area contributed by atoms with Crippen LogP contribution in [-0.2, 0) is 0 Å². The maximum atomic E-state index is 11.4. The molecule has 1 N–H and O–H groups in total. The molecule has 104 valence electrons. The van der Waals surface area contributed by atoms with Crippen molar-refractivity contribution >= 4 is 17.3 Å². The second-order valence-corrected chi connectivity index (χ2v) is 4.86. The van der Waals surface area contributed by atoms with Gasteiger partial charge in [-0.1, -0.05) is 24.3 Å². The lowest BCUT2D eigenvalue weighted by atomic mass is 10.1. The van der Waals surface area contributed by atoms with Crippen molar-refractivity contribution in [2.24, 2.45) is 0 Å². The Hall–Kier alpha value is -2.29. The Balaban J connectivity index is 2.60. The molecule has 0 saturated carbocycles. The summed E-state index contributed by atoms with van der Waals surface area (Å²) in [5, 5.41) is 9.39. The zero-order valence-corrected chi connectivity index (χ0v) is 12.1. The molecule has 0 spiro atoms. The van der Waals surface area contributed by atoms with Gasteiger partial charge in [0.15, 0.2) is 0 Å². The smallest absolute Gasteiger partial charge is 0.337 e. The quantitative estimate of drug-likeness (QED) is 0.906. The molecule has 2 aromatic carbocycles. The number of rotatable bonds is 4. The Kier molecular flexibility index (Phi) is 4.08. The number of aromatic carboxylic acids is 1. The molecule has 0 heterocycles. The molecular weight excluding hydrogens is 250 g/mol. The van der Waals surface area contributed by atoms with E-state index in [9.17, 15) is 9.90 Å². The number of hydrogen-bond acceptors (Lipinski definition) is 2.